The van der Waals surface area contributed by atoms with Crippen LogP contribution in [0.2, 0.25) is 0 Å². The fourth-order valence-electron chi connectivity index (χ4n) is 1.71. The van der Waals surface area contributed by atoms with E-state index in [1.165, 1.54) is 13.8 Å². The molecule has 1 aliphatic heterocycles. The standard InChI is InChI=1S/C10H16O6/c1-5-10(16-7(3)12)8(15-6(2)11)4-9(13)14-5/h5,8-10,13H,4H2,1-3H3/t5-,8-,9+,10-/m1/s1. The predicted octanol–water partition coefficient (Wildman–Crippen LogP) is -0.0230. The van der Waals surface area contributed by atoms with E-state index in [0.717, 1.165) is 0 Å². The van der Waals surface area contributed by atoms with Crippen LogP contribution in [-0.4, -0.2) is 41.6 Å². The third-order valence-corrected chi connectivity index (χ3v) is 2.25. The van der Waals surface area contributed by atoms with Crippen molar-refractivity contribution in [1.29, 1.82) is 0 Å². The lowest BCUT2D eigenvalue weighted by Gasteiger charge is -2.37. The third kappa shape index (κ3) is 3.46. The van der Waals surface area contributed by atoms with Crippen LogP contribution in [-0.2, 0) is 23.8 Å². The van der Waals surface area contributed by atoms with E-state index in [1.807, 2.05) is 0 Å². The molecule has 0 amide bonds. The normalized spacial score (nSPS) is 34.2. The lowest BCUT2D eigenvalue weighted by molar-refractivity contribution is -0.241. The van der Waals surface area contributed by atoms with Crippen molar-refractivity contribution in [3.8, 4) is 0 Å². The zero-order valence-electron chi connectivity index (χ0n) is 9.50. The summed E-state index contributed by atoms with van der Waals surface area (Å²) in [5, 5.41) is 9.36. The van der Waals surface area contributed by atoms with Crippen LogP contribution in [0.15, 0.2) is 0 Å². The van der Waals surface area contributed by atoms with Crippen molar-refractivity contribution in [2.45, 2.75) is 51.8 Å². The van der Waals surface area contributed by atoms with E-state index in [0.29, 0.717) is 0 Å². The van der Waals surface area contributed by atoms with Crippen molar-refractivity contribution in [3.63, 3.8) is 0 Å². The summed E-state index contributed by atoms with van der Waals surface area (Å²) in [6.45, 7) is 4.17. The molecule has 1 aliphatic rings. The van der Waals surface area contributed by atoms with Gasteiger partial charge in [0.25, 0.3) is 0 Å². The highest BCUT2D eigenvalue weighted by Crippen LogP contribution is 2.24. The van der Waals surface area contributed by atoms with Gasteiger partial charge in [0.2, 0.25) is 0 Å². The maximum absolute atomic E-state index is 10.9. The molecule has 0 aromatic heterocycles. The largest absolute Gasteiger partial charge is 0.458 e. The van der Waals surface area contributed by atoms with Gasteiger partial charge in [-0.25, -0.2) is 0 Å². The van der Waals surface area contributed by atoms with Gasteiger partial charge in [-0.1, -0.05) is 0 Å². The maximum atomic E-state index is 10.9. The maximum Gasteiger partial charge on any atom is 0.303 e. The average Bonchev–Trinajstić information content (AvgIpc) is 2.09. The molecule has 6 nitrogen and oxygen atoms in total. The highest BCUT2D eigenvalue weighted by molar-refractivity contribution is 5.67. The first-order chi connectivity index (χ1) is 7.40. The molecular weight excluding hydrogens is 216 g/mol. The van der Waals surface area contributed by atoms with Gasteiger partial charge in [0.15, 0.2) is 12.4 Å². The van der Waals surface area contributed by atoms with Crippen LogP contribution >= 0.6 is 0 Å². The van der Waals surface area contributed by atoms with Crippen molar-refractivity contribution in [2.75, 3.05) is 0 Å². The second-order valence-electron chi connectivity index (χ2n) is 3.75. The smallest absolute Gasteiger partial charge is 0.303 e. The van der Waals surface area contributed by atoms with Gasteiger partial charge in [-0.15, -0.1) is 0 Å². The Hall–Kier alpha value is -1.14. The number of hydrogen-bond acceptors (Lipinski definition) is 6. The summed E-state index contributed by atoms with van der Waals surface area (Å²) in [5.74, 6) is -0.961. The van der Waals surface area contributed by atoms with E-state index in [1.54, 1.807) is 6.92 Å². The van der Waals surface area contributed by atoms with E-state index in [2.05, 4.69) is 0 Å². The van der Waals surface area contributed by atoms with E-state index in [4.69, 9.17) is 14.2 Å². The van der Waals surface area contributed by atoms with Crippen LogP contribution in [0.1, 0.15) is 27.2 Å². The molecule has 1 N–H and O–H groups in total. The van der Waals surface area contributed by atoms with Crippen molar-refractivity contribution in [1.82, 2.24) is 0 Å². The molecule has 0 aliphatic carbocycles. The van der Waals surface area contributed by atoms with Gasteiger partial charge < -0.3 is 19.3 Å². The molecule has 0 bridgehead atoms. The van der Waals surface area contributed by atoms with Gasteiger partial charge in [0, 0.05) is 20.3 Å². The second-order valence-corrected chi connectivity index (χ2v) is 3.75. The Bertz CT molecular complexity index is 276. The summed E-state index contributed by atoms with van der Waals surface area (Å²) < 4.78 is 15.1. The molecule has 0 radical (unpaired) electrons. The summed E-state index contributed by atoms with van der Waals surface area (Å²) in [6.07, 6.45) is -2.77. The number of aliphatic hydroxyl groups is 1. The molecule has 1 heterocycles. The Balaban J connectivity index is 2.71. The van der Waals surface area contributed by atoms with E-state index in [-0.39, 0.29) is 6.42 Å². The Labute approximate surface area is 93.5 Å². The highest BCUT2D eigenvalue weighted by atomic mass is 16.7. The van der Waals surface area contributed by atoms with Crippen LogP contribution in [0.5, 0.6) is 0 Å². The molecule has 0 aromatic rings. The zero-order chi connectivity index (χ0) is 12.3. The van der Waals surface area contributed by atoms with Crippen LogP contribution in [0, 0.1) is 0 Å². The number of hydrogen-bond donors (Lipinski definition) is 1. The fourth-order valence-corrected chi connectivity index (χ4v) is 1.71. The molecular formula is C10H16O6. The minimum absolute atomic E-state index is 0.0991. The second kappa shape index (κ2) is 5.27. The molecule has 1 rings (SSSR count). The summed E-state index contributed by atoms with van der Waals surface area (Å²) in [7, 11) is 0. The van der Waals surface area contributed by atoms with Crippen molar-refractivity contribution < 1.29 is 28.9 Å². The Morgan fingerprint density at radius 3 is 2.31 bits per heavy atom. The number of rotatable bonds is 2. The molecule has 16 heavy (non-hydrogen) atoms. The molecule has 4 atom stereocenters. The molecule has 0 saturated carbocycles. The highest BCUT2D eigenvalue weighted by Gasteiger charge is 2.40. The van der Waals surface area contributed by atoms with E-state index in [9.17, 15) is 14.7 Å². The van der Waals surface area contributed by atoms with Crippen LogP contribution in [0.4, 0.5) is 0 Å². The van der Waals surface area contributed by atoms with Gasteiger partial charge >= 0.3 is 11.9 Å². The molecule has 0 spiro atoms. The van der Waals surface area contributed by atoms with Crippen molar-refractivity contribution in [3.05, 3.63) is 0 Å². The first-order valence-electron chi connectivity index (χ1n) is 5.08. The van der Waals surface area contributed by atoms with Crippen LogP contribution < -0.4 is 0 Å². The molecule has 1 saturated heterocycles. The number of carbonyl (C=O) groups is 2. The van der Waals surface area contributed by atoms with Crippen molar-refractivity contribution >= 4 is 11.9 Å². The lowest BCUT2D eigenvalue weighted by atomic mass is 10.0. The summed E-state index contributed by atoms with van der Waals surface area (Å²) >= 11 is 0. The number of ether oxygens (including phenoxy) is 3. The minimum atomic E-state index is -1.01. The SMILES string of the molecule is CC(=O)O[C@@H]1[C@@H](C)O[C@H](O)C[C@H]1OC(C)=O. The average molecular weight is 232 g/mol. The summed E-state index contributed by atoms with van der Waals surface area (Å²) in [5.41, 5.74) is 0. The zero-order valence-corrected chi connectivity index (χ0v) is 9.50. The Kier molecular flexibility index (Phi) is 4.26. The quantitative estimate of drug-likeness (QED) is 0.674. The van der Waals surface area contributed by atoms with E-state index < -0.39 is 36.5 Å². The first kappa shape index (κ1) is 12.9. The monoisotopic (exact) mass is 232 g/mol. The lowest BCUT2D eigenvalue weighted by Crippen LogP contribution is -2.50. The number of aliphatic hydroxyl groups excluding tert-OH is 1. The van der Waals surface area contributed by atoms with Crippen LogP contribution in [0.25, 0.3) is 0 Å². The molecule has 1 fully saturated rings. The van der Waals surface area contributed by atoms with Crippen molar-refractivity contribution in [2.24, 2.45) is 0 Å². The van der Waals surface area contributed by atoms with E-state index >= 15 is 0 Å². The Morgan fingerprint density at radius 2 is 1.81 bits per heavy atom. The van der Waals surface area contributed by atoms with Gasteiger partial charge in [0.1, 0.15) is 6.10 Å². The van der Waals surface area contributed by atoms with Crippen LogP contribution in [0.3, 0.4) is 0 Å². The topological polar surface area (TPSA) is 82.1 Å². The predicted molar refractivity (Wildman–Crippen MR) is 52.3 cm³/mol. The molecule has 0 unspecified atom stereocenters. The van der Waals surface area contributed by atoms with Gasteiger partial charge in [0.05, 0.1) is 6.10 Å². The van der Waals surface area contributed by atoms with Gasteiger partial charge in [-0.05, 0) is 6.92 Å². The fraction of sp³-hybridized carbons (Fsp3) is 0.800. The minimum Gasteiger partial charge on any atom is -0.458 e. The number of carbonyl (C=O) groups excluding carboxylic acids is 2. The molecule has 92 valence electrons. The molecule has 0 aromatic carbocycles. The summed E-state index contributed by atoms with van der Waals surface area (Å²) in [4.78, 5) is 21.8. The Morgan fingerprint density at radius 1 is 1.25 bits per heavy atom. The molecule has 6 heteroatoms. The first-order valence-corrected chi connectivity index (χ1v) is 5.08. The summed E-state index contributed by atoms with van der Waals surface area (Å²) in [6, 6.07) is 0. The van der Waals surface area contributed by atoms with Gasteiger partial charge in [-0.2, -0.15) is 0 Å². The third-order valence-electron chi connectivity index (χ3n) is 2.25. The van der Waals surface area contributed by atoms with Gasteiger partial charge in [-0.3, -0.25) is 9.59 Å². The number of esters is 2.